The van der Waals surface area contributed by atoms with Crippen LogP contribution in [-0.4, -0.2) is 55.4 Å². The van der Waals surface area contributed by atoms with Crippen LogP contribution in [0, 0.1) is 4.77 Å². The van der Waals surface area contributed by atoms with E-state index in [2.05, 4.69) is 9.88 Å². The number of methoxy groups -OCH3 is 1. The van der Waals surface area contributed by atoms with Crippen LogP contribution in [0.5, 0.6) is 5.75 Å². The Kier molecular flexibility index (Phi) is 5.17. The summed E-state index contributed by atoms with van der Waals surface area (Å²) in [6.45, 7) is 3.03. The Hall–Kier alpha value is -1.37. The molecule has 1 heterocycles. The number of aromatic nitrogens is 2. The summed E-state index contributed by atoms with van der Waals surface area (Å²) in [5.41, 5.74) is 2.06. The second-order valence-electron chi connectivity index (χ2n) is 4.88. The molecule has 0 spiro atoms. The van der Waals surface area contributed by atoms with Crippen LogP contribution in [0.15, 0.2) is 18.2 Å². The first kappa shape index (κ1) is 15.0. The summed E-state index contributed by atoms with van der Waals surface area (Å²) in [6, 6.07) is 5.89. The number of fused-ring (bicyclic) bond motifs is 1. The number of ether oxygens (including phenoxy) is 2. The van der Waals surface area contributed by atoms with Gasteiger partial charge in [-0.1, -0.05) is 0 Å². The number of nitrogens with one attached hydrogen (secondary N) is 1. The van der Waals surface area contributed by atoms with Crippen molar-refractivity contribution in [3.05, 3.63) is 23.0 Å². The third-order valence-electron chi connectivity index (χ3n) is 3.12. The van der Waals surface area contributed by atoms with Crippen molar-refractivity contribution in [1.82, 2.24) is 14.5 Å². The summed E-state index contributed by atoms with van der Waals surface area (Å²) in [5, 5.41) is 0. The number of rotatable bonds is 7. The van der Waals surface area contributed by atoms with Crippen LogP contribution in [0.3, 0.4) is 0 Å². The van der Waals surface area contributed by atoms with Crippen LogP contribution in [0.25, 0.3) is 11.0 Å². The zero-order valence-corrected chi connectivity index (χ0v) is 13.0. The summed E-state index contributed by atoms with van der Waals surface area (Å²) >= 11 is 5.35. The van der Waals surface area contributed by atoms with E-state index in [1.54, 1.807) is 7.11 Å². The minimum Gasteiger partial charge on any atom is -0.497 e. The lowest BCUT2D eigenvalue weighted by atomic mass is 10.3. The number of benzene rings is 1. The van der Waals surface area contributed by atoms with E-state index in [4.69, 9.17) is 21.7 Å². The summed E-state index contributed by atoms with van der Waals surface area (Å²) < 4.78 is 13.6. The van der Waals surface area contributed by atoms with E-state index in [-0.39, 0.29) is 0 Å². The summed E-state index contributed by atoms with van der Waals surface area (Å²) in [4.78, 5) is 5.30. The minimum absolute atomic E-state index is 0.645. The lowest BCUT2D eigenvalue weighted by molar-refractivity contribution is 0.111. The van der Waals surface area contributed by atoms with Crippen molar-refractivity contribution in [2.45, 2.75) is 6.54 Å². The molecule has 20 heavy (non-hydrogen) atoms. The molecule has 0 bridgehead atoms. The molecular formula is C14H21N3O2S. The standard InChI is InChI=1S/C14H21N3O2S/c1-16(2)6-8-19-9-7-17-13-10-11(18-3)4-5-12(13)15-14(17)20/h4-5,10H,6-9H2,1-3H3,(H,15,20). The number of imidazole rings is 1. The average molecular weight is 295 g/mol. The molecule has 0 aliphatic heterocycles. The van der Waals surface area contributed by atoms with Gasteiger partial charge in [-0.2, -0.15) is 0 Å². The van der Waals surface area contributed by atoms with Gasteiger partial charge in [-0.05, 0) is 38.4 Å². The molecule has 1 aromatic carbocycles. The number of nitrogens with zero attached hydrogens (tertiary/aromatic N) is 2. The van der Waals surface area contributed by atoms with Crippen LogP contribution in [0.1, 0.15) is 0 Å². The normalized spacial score (nSPS) is 11.4. The van der Waals surface area contributed by atoms with Crippen molar-refractivity contribution in [3.63, 3.8) is 0 Å². The molecule has 6 heteroatoms. The molecule has 0 fully saturated rings. The third kappa shape index (κ3) is 3.59. The molecule has 1 N–H and O–H groups in total. The Balaban J connectivity index is 2.05. The van der Waals surface area contributed by atoms with Gasteiger partial charge in [0.05, 0.1) is 31.4 Å². The SMILES string of the molecule is COc1ccc2[nH]c(=S)n(CCOCCN(C)C)c2c1. The Morgan fingerprint density at radius 3 is 2.80 bits per heavy atom. The van der Waals surface area contributed by atoms with Gasteiger partial charge in [0.15, 0.2) is 4.77 Å². The highest BCUT2D eigenvalue weighted by molar-refractivity contribution is 7.71. The first-order chi connectivity index (χ1) is 9.61. The van der Waals surface area contributed by atoms with Crippen molar-refractivity contribution in [1.29, 1.82) is 0 Å². The zero-order valence-electron chi connectivity index (χ0n) is 12.2. The number of hydrogen-bond donors (Lipinski definition) is 1. The first-order valence-electron chi connectivity index (χ1n) is 6.61. The molecule has 0 aliphatic rings. The maximum atomic E-state index is 5.62. The molecular weight excluding hydrogens is 274 g/mol. The molecule has 110 valence electrons. The molecule has 0 radical (unpaired) electrons. The van der Waals surface area contributed by atoms with E-state index >= 15 is 0 Å². The molecule has 0 saturated carbocycles. The molecule has 2 aromatic rings. The predicted molar refractivity (Wildman–Crippen MR) is 83.0 cm³/mol. The quantitative estimate of drug-likeness (QED) is 0.628. The molecule has 2 rings (SSSR count). The summed E-state index contributed by atoms with van der Waals surface area (Å²) in [6.07, 6.45) is 0. The van der Waals surface area contributed by atoms with E-state index < -0.39 is 0 Å². The Labute approximate surface area is 124 Å². The van der Waals surface area contributed by atoms with Crippen molar-refractivity contribution < 1.29 is 9.47 Å². The van der Waals surface area contributed by atoms with Gasteiger partial charge in [0.25, 0.3) is 0 Å². The molecule has 0 atom stereocenters. The van der Waals surface area contributed by atoms with E-state index in [1.807, 2.05) is 36.9 Å². The third-order valence-corrected chi connectivity index (χ3v) is 3.45. The van der Waals surface area contributed by atoms with Crippen molar-refractivity contribution >= 4 is 23.3 Å². The molecule has 5 nitrogen and oxygen atoms in total. The Morgan fingerprint density at radius 2 is 2.10 bits per heavy atom. The highest BCUT2D eigenvalue weighted by Crippen LogP contribution is 2.20. The van der Waals surface area contributed by atoms with Gasteiger partial charge >= 0.3 is 0 Å². The Bertz CT molecular complexity index is 618. The monoisotopic (exact) mass is 295 g/mol. The second-order valence-corrected chi connectivity index (χ2v) is 5.27. The molecule has 0 aliphatic carbocycles. The Morgan fingerprint density at radius 1 is 1.30 bits per heavy atom. The van der Waals surface area contributed by atoms with Gasteiger partial charge in [0.2, 0.25) is 0 Å². The number of aromatic amines is 1. The molecule has 1 aromatic heterocycles. The lowest BCUT2D eigenvalue weighted by Crippen LogP contribution is -2.19. The highest BCUT2D eigenvalue weighted by atomic mass is 32.1. The van der Waals surface area contributed by atoms with Gasteiger partial charge in [-0.25, -0.2) is 0 Å². The summed E-state index contributed by atoms with van der Waals surface area (Å²) in [7, 11) is 5.73. The fraction of sp³-hybridized carbons (Fsp3) is 0.500. The van der Waals surface area contributed by atoms with Crippen molar-refractivity contribution in [2.75, 3.05) is 41.0 Å². The zero-order chi connectivity index (χ0) is 14.5. The molecule has 0 unspecified atom stereocenters. The maximum absolute atomic E-state index is 5.62. The maximum Gasteiger partial charge on any atom is 0.178 e. The van der Waals surface area contributed by atoms with Crippen molar-refractivity contribution in [2.24, 2.45) is 0 Å². The van der Waals surface area contributed by atoms with E-state index in [0.717, 1.165) is 36.5 Å². The van der Waals surface area contributed by atoms with Gasteiger partial charge in [0, 0.05) is 19.2 Å². The minimum atomic E-state index is 0.645. The van der Waals surface area contributed by atoms with Gasteiger partial charge in [-0.15, -0.1) is 0 Å². The second kappa shape index (κ2) is 6.88. The van der Waals surface area contributed by atoms with Crippen LogP contribution < -0.4 is 4.74 Å². The van der Waals surface area contributed by atoms with E-state index in [0.29, 0.717) is 11.4 Å². The number of H-pyrrole nitrogens is 1. The number of likely N-dealkylation sites (N-methyl/N-ethyl adjacent to an activating group) is 1. The first-order valence-corrected chi connectivity index (χ1v) is 7.01. The van der Waals surface area contributed by atoms with Crippen LogP contribution in [0.4, 0.5) is 0 Å². The highest BCUT2D eigenvalue weighted by Gasteiger charge is 2.05. The predicted octanol–water partition coefficient (Wildman–Crippen LogP) is 2.29. The summed E-state index contributed by atoms with van der Waals surface area (Å²) in [5.74, 6) is 0.828. The van der Waals surface area contributed by atoms with E-state index in [1.165, 1.54) is 0 Å². The topological polar surface area (TPSA) is 42.4 Å². The van der Waals surface area contributed by atoms with Crippen LogP contribution in [0.2, 0.25) is 0 Å². The molecule has 0 amide bonds. The van der Waals surface area contributed by atoms with Crippen molar-refractivity contribution in [3.8, 4) is 5.75 Å². The molecule has 0 saturated heterocycles. The van der Waals surface area contributed by atoms with Crippen LogP contribution >= 0.6 is 12.2 Å². The van der Waals surface area contributed by atoms with Gasteiger partial charge < -0.3 is 23.9 Å². The lowest BCUT2D eigenvalue weighted by Gasteiger charge is -2.10. The largest absolute Gasteiger partial charge is 0.497 e. The van der Waals surface area contributed by atoms with Crippen LogP contribution in [-0.2, 0) is 11.3 Å². The number of hydrogen-bond acceptors (Lipinski definition) is 4. The van der Waals surface area contributed by atoms with Gasteiger partial charge in [0.1, 0.15) is 5.75 Å². The van der Waals surface area contributed by atoms with E-state index in [9.17, 15) is 0 Å². The smallest absolute Gasteiger partial charge is 0.178 e. The fourth-order valence-electron chi connectivity index (χ4n) is 1.99. The van der Waals surface area contributed by atoms with Gasteiger partial charge in [-0.3, -0.25) is 0 Å². The average Bonchev–Trinajstić information content (AvgIpc) is 2.73. The fourth-order valence-corrected chi connectivity index (χ4v) is 2.29.